The fourth-order valence-corrected chi connectivity index (χ4v) is 5.29. The number of aliphatic carboxylic acids is 1. The van der Waals surface area contributed by atoms with Gasteiger partial charge in [0.1, 0.15) is 0 Å². The van der Waals surface area contributed by atoms with Gasteiger partial charge in [-0.15, -0.1) is 0 Å². The molecule has 0 aliphatic carbocycles. The van der Waals surface area contributed by atoms with E-state index < -0.39 is 5.97 Å². The van der Waals surface area contributed by atoms with Gasteiger partial charge in [0.05, 0.1) is 0 Å². The number of unbranched alkanes of at least 4 members (excludes halogenated alkanes) is 27. The number of carboxylic acid groups (broad SMARTS) is 1. The Labute approximate surface area is 251 Å². The number of carbonyl (C=O) groups excluding carboxylic acids is 1. The van der Waals surface area contributed by atoms with E-state index >= 15 is 0 Å². The van der Waals surface area contributed by atoms with E-state index in [0.717, 1.165) is 32.7 Å². The summed E-state index contributed by atoms with van der Waals surface area (Å²) >= 11 is 0. The predicted molar refractivity (Wildman–Crippen MR) is 176 cm³/mol. The van der Waals surface area contributed by atoms with Gasteiger partial charge in [0.25, 0.3) is 5.97 Å². The molecule has 4 nitrogen and oxygen atoms in total. The van der Waals surface area contributed by atoms with E-state index in [2.05, 4.69) is 19.2 Å². The van der Waals surface area contributed by atoms with Crippen molar-refractivity contribution < 1.29 is 14.7 Å². The van der Waals surface area contributed by atoms with Crippen LogP contribution < -0.4 is 5.32 Å². The molecule has 0 saturated carbocycles. The number of rotatable bonds is 31. The van der Waals surface area contributed by atoms with Crippen LogP contribution in [0.25, 0.3) is 0 Å². The highest BCUT2D eigenvalue weighted by Crippen LogP contribution is 2.15. The minimum absolute atomic E-state index is 0.270. The Bertz CT molecular complexity index is 490. The van der Waals surface area contributed by atoms with Gasteiger partial charge in [0.2, 0.25) is 5.91 Å². The van der Waals surface area contributed by atoms with Crippen molar-refractivity contribution >= 4 is 11.9 Å². The van der Waals surface area contributed by atoms with E-state index in [9.17, 15) is 4.79 Å². The van der Waals surface area contributed by atoms with Crippen LogP contribution in [0, 0.1) is 0 Å². The molecule has 0 rings (SSSR count). The highest BCUT2D eigenvalue weighted by Gasteiger charge is 2.01. The summed E-state index contributed by atoms with van der Waals surface area (Å²) in [5, 5.41) is 10.5. The van der Waals surface area contributed by atoms with Crippen molar-refractivity contribution in [2.75, 3.05) is 6.54 Å². The second kappa shape index (κ2) is 37.9. The number of hydrogen-bond acceptors (Lipinski definition) is 2. The summed E-state index contributed by atoms with van der Waals surface area (Å²) in [5.41, 5.74) is 0. The van der Waals surface area contributed by atoms with E-state index in [1.165, 1.54) is 173 Å². The lowest BCUT2D eigenvalue weighted by molar-refractivity contribution is -0.134. The second-order valence-corrected chi connectivity index (χ2v) is 12.2. The van der Waals surface area contributed by atoms with Crippen molar-refractivity contribution in [1.29, 1.82) is 0 Å². The Hall–Kier alpha value is -1.06. The molecule has 0 aromatic rings. The third kappa shape index (κ3) is 44.0. The van der Waals surface area contributed by atoms with Crippen molar-refractivity contribution in [1.82, 2.24) is 5.32 Å². The smallest absolute Gasteiger partial charge is 0.300 e. The highest BCUT2D eigenvalue weighted by molar-refractivity contribution is 5.75. The summed E-state index contributed by atoms with van der Waals surface area (Å²) in [6.45, 7) is 6.51. The van der Waals surface area contributed by atoms with Gasteiger partial charge >= 0.3 is 0 Å². The van der Waals surface area contributed by atoms with Crippen LogP contribution in [-0.2, 0) is 9.59 Å². The quantitative estimate of drug-likeness (QED) is 0.0818. The van der Waals surface area contributed by atoms with Gasteiger partial charge in [0, 0.05) is 19.9 Å². The molecule has 0 aliphatic heterocycles. The normalized spacial score (nSPS) is 10.8. The Morgan fingerprint density at radius 3 is 0.925 bits per heavy atom. The Kier molecular flexibility index (Phi) is 39.0. The Morgan fingerprint density at radius 2 is 0.650 bits per heavy atom. The number of nitrogens with one attached hydrogen (secondary N) is 1. The first-order valence-corrected chi connectivity index (χ1v) is 18.0. The minimum atomic E-state index is -0.833. The van der Waals surface area contributed by atoms with Gasteiger partial charge in [0.15, 0.2) is 0 Å². The van der Waals surface area contributed by atoms with Crippen LogP contribution in [0.2, 0.25) is 0 Å². The molecule has 4 heteroatoms. The summed E-state index contributed by atoms with van der Waals surface area (Å²) in [7, 11) is 0. The monoisotopic (exact) mass is 568 g/mol. The number of carboxylic acids is 1. The summed E-state index contributed by atoms with van der Waals surface area (Å²) in [5.74, 6) is -0.563. The molecule has 0 radical (unpaired) electrons. The molecule has 2 N–H and O–H groups in total. The second-order valence-electron chi connectivity index (χ2n) is 12.2. The zero-order valence-electron chi connectivity index (χ0n) is 27.7. The first-order chi connectivity index (χ1) is 19.5. The average molecular weight is 568 g/mol. The molecule has 40 heavy (non-hydrogen) atoms. The van der Waals surface area contributed by atoms with Crippen LogP contribution in [0.15, 0.2) is 0 Å². The van der Waals surface area contributed by atoms with Crippen molar-refractivity contribution in [2.45, 2.75) is 213 Å². The largest absolute Gasteiger partial charge is 0.481 e. The predicted octanol–water partition coefficient (Wildman–Crippen LogP) is 11.9. The molecule has 1 amide bonds. The summed E-state index contributed by atoms with van der Waals surface area (Å²) in [6, 6.07) is 0. The minimum Gasteiger partial charge on any atom is -0.481 e. The molecule has 0 aliphatic rings. The summed E-state index contributed by atoms with van der Waals surface area (Å²) in [6.07, 6.45) is 41.0. The SMILES string of the molecule is CC(=O)O.CCCCCCCCCCCCCCCCCCCCCCCCCC(=O)NCCCCCCCC. The van der Waals surface area contributed by atoms with Crippen LogP contribution in [-0.4, -0.2) is 23.5 Å². The first kappa shape index (κ1) is 41.1. The lowest BCUT2D eigenvalue weighted by atomic mass is 10.0. The maximum atomic E-state index is 11.9. The van der Waals surface area contributed by atoms with Crippen LogP contribution in [0.4, 0.5) is 0 Å². The van der Waals surface area contributed by atoms with Crippen molar-refractivity contribution in [3.63, 3.8) is 0 Å². The van der Waals surface area contributed by atoms with Crippen molar-refractivity contribution in [3.8, 4) is 0 Å². The van der Waals surface area contributed by atoms with Crippen molar-refractivity contribution in [3.05, 3.63) is 0 Å². The van der Waals surface area contributed by atoms with E-state index in [-0.39, 0.29) is 5.91 Å². The lowest BCUT2D eigenvalue weighted by Gasteiger charge is -2.06. The van der Waals surface area contributed by atoms with Crippen LogP contribution in [0.5, 0.6) is 0 Å². The standard InChI is InChI=1S/C34H69NO.C2H4O2/c1-3-5-7-9-11-12-13-14-15-16-17-18-19-20-21-22-23-24-25-26-27-28-30-32-34(36)35-33-31-29-10-8-6-4-2;1-2(3)4/h3-33H2,1-2H3,(H,35,36);1H3,(H,3,4). The van der Waals surface area contributed by atoms with Gasteiger partial charge in [-0.1, -0.05) is 187 Å². The van der Waals surface area contributed by atoms with Crippen LogP contribution in [0.1, 0.15) is 213 Å². The fourth-order valence-electron chi connectivity index (χ4n) is 5.29. The molecule has 0 saturated heterocycles. The molecule has 0 unspecified atom stereocenters. The molecule has 0 aromatic heterocycles. The molecular weight excluding hydrogens is 494 g/mol. The molecule has 0 atom stereocenters. The third-order valence-electron chi connectivity index (χ3n) is 7.86. The van der Waals surface area contributed by atoms with Crippen molar-refractivity contribution in [2.24, 2.45) is 0 Å². The van der Waals surface area contributed by atoms with E-state index in [1.807, 2.05) is 0 Å². The molecule has 0 spiro atoms. The zero-order chi connectivity index (χ0) is 29.8. The molecular formula is C36H73NO3. The average Bonchev–Trinajstić information content (AvgIpc) is 2.92. The molecule has 0 bridgehead atoms. The third-order valence-corrected chi connectivity index (χ3v) is 7.86. The molecule has 240 valence electrons. The maximum absolute atomic E-state index is 11.9. The molecule has 0 fully saturated rings. The Morgan fingerprint density at radius 1 is 0.425 bits per heavy atom. The summed E-state index contributed by atoms with van der Waals surface area (Å²) < 4.78 is 0. The van der Waals surface area contributed by atoms with Crippen LogP contribution >= 0.6 is 0 Å². The fraction of sp³-hybridized carbons (Fsp3) is 0.944. The highest BCUT2D eigenvalue weighted by atomic mass is 16.4. The van der Waals surface area contributed by atoms with Gasteiger partial charge in [-0.05, 0) is 12.8 Å². The van der Waals surface area contributed by atoms with Gasteiger partial charge in [-0.3, -0.25) is 9.59 Å². The van der Waals surface area contributed by atoms with Gasteiger partial charge in [-0.2, -0.15) is 0 Å². The Balaban J connectivity index is 0. The van der Waals surface area contributed by atoms with Gasteiger partial charge in [-0.25, -0.2) is 0 Å². The van der Waals surface area contributed by atoms with Gasteiger partial charge < -0.3 is 10.4 Å². The number of amides is 1. The lowest BCUT2D eigenvalue weighted by Crippen LogP contribution is -2.23. The zero-order valence-corrected chi connectivity index (χ0v) is 27.7. The molecule has 0 heterocycles. The number of hydrogen-bond donors (Lipinski definition) is 2. The molecule has 0 aromatic carbocycles. The van der Waals surface area contributed by atoms with Crippen LogP contribution in [0.3, 0.4) is 0 Å². The van der Waals surface area contributed by atoms with E-state index in [4.69, 9.17) is 9.90 Å². The van der Waals surface area contributed by atoms with E-state index in [0.29, 0.717) is 0 Å². The maximum Gasteiger partial charge on any atom is 0.300 e. The topological polar surface area (TPSA) is 66.4 Å². The first-order valence-electron chi connectivity index (χ1n) is 18.0. The number of carbonyl (C=O) groups is 2. The van der Waals surface area contributed by atoms with E-state index in [1.54, 1.807) is 0 Å². The summed E-state index contributed by atoms with van der Waals surface area (Å²) in [4.78, 5) is 20.9.